The van der Waals surface area contributed by atoms with Gasteiger partial charge in [0.1, 0.15) is 5.75 Å². The van der Waals surface area contributed by atoms with E-state index in [4.69, 9.17) is 4.74 Å². The van der Waals surface area contributed by atoms with Gasteiger partial charge in [0.2, 0.25) is 0 Å². The Morgan fingerprint density at radius 3 is 2.48 bits per heavy atom. The Labute approximate surface area is 192 Å². The van der Waals surface area contributed by atoms with Gasteiger partial charge in [-0.3, -0.25) is 9.59 Å². The van der Waals surface area contributed by atoms with Gasteiger partial charge in [-0.15, -0.1) is 0 Å². The molecule has 3 rings (SSSR count). The lowest BCUT2D eigenvalue weighted by molar-refractivity contribution is -0.175. The third kappa shape index (κ3) is 5.30. The lowest BCUT2D eigenvalue weighted by Gasteiger charge is -2.35. The van der Waals surface area contributed by atoms with Crippen LogP contribution in [-0.4, -0.2) is 35.6 Å². The number of carbonyl (C=O) groups is 2. The van der Waals surface area contributed by atoms with Gasteiger partial charge in [-0.1, -0.05) is 18.2 Å². The molecule has 0 fully saturated rings. The fourth-order valence-electron chi connectivity index (χ4n) is 3.46. The van der Waals surface area contributed by atoms with Crippen LogP contribution in [0.4, 0.5) is 23.2 Å². The molecule has 0 atom stereocenters. The molecule has 10 heteroatoms. The number of halogens is 5. The van der Waals surface area contributed by atoms with Gasteiger partial charge in [0, 0.05) is 34.1 Å². The first-order valence-electron chi connectivity index (χ1n) is 9.81. The minimum atomic E-state index is -5.14. The molecule has 0 aromatic heterocycles. The van der Waals surface area contributed by atoms with Crippen molar-refractivity contribution in [2.75, 3.05) is 12.4 Å². The Bertz CT molecular complexity index is 1130. The Morgan fingerprint density at radius 2 is 1.85 bits per heavy atom. The average molecular weight is 485 g/mol. The van der Waals surface area contributed by atoms with Crippen LogP contribution in [0.3, 0.4) is 0 Å². The maximum Gasteiger partial charge on any atom is 0.401 e. The summed E-state index contributed by atoms with van der Waals surface area (Å²) >= 11 is 4.34. The summed E-state index contributed by atoms with van der Waals surface area (Å²) in [7, 11) is 1.53. The van der Waals surface area contributed by atoms with Crippen molar-refractivity contribution in [3.05, 3.63) is 65.2 Å². The summed E-state index contributed by atoms with van der Waals surface area (Å²) < 4.78 is 57.9. The Balaban J connectivity index is 1.90. The second kappa shape index (κ2) is 8.70. The van der Waals surface area contributed by atoms with Gasteiger partial charge in [0.05, 0.1) is 7.11 Å². The number of rotatable bonds is 6. The van der Waals surface area contributed by atoms with Gasteiger partial charge in [-0.05, 0) is 61.7 Å². The Hall–Kier alpha value is -3.07. The summed E-state index contributed by atoms with van der Waals surface area (Å²) in [5.41, 5.74) is 1.76. The highest BCUT2D eigenvalue weighted by Crippen LogP contribution is 2.38. The van der Waals surface area contributed by atoms with Crippen LogP contribution in [0.5, 0.6) is 5.75 Å². The maximum atomic E-state index is 13.5. The molecule has 1 aliphatic heterocycles. The van der Waals surface area contributed by atoms with Crippen molar-refractivity contribution in [2.45, 2.75) is 37.1 Å². The summed E-state index contributed by atoms with van der Waals surface area (Å²) in [4.78, 5) is 24.5. The molecule has 0 spiro atoms. The number of nitrogens with one attached hydrogen (secondary N) is 2. The first-order chi connectivity index (χ1) is 15.2. The molecule has 0 bridgehead atoms. The number of methoxy groups -OCH3 is 1. The lowest BCUT2D eigenvalue weighted by Crippen LogP contribution is -2.46. The van der Waals surface area contributed by atoms with E-state index in [1.807, 2.05) is 26.0 Å². The van der Waals surface area contributed by atoms with Crippen LogP contribution in [0.2, 0.25) is 0 Å². The summed E-state index contributed by atoms with van der Waals surface area (Å²) in [6.07, 6.45) is 2.06. The Morgan fingerprint density at radius 1 is 1.15 bits per heavy atom. The zero-order valence-corrected chi connectivity index (χ0v) is 18.7. The number of ketones is 1. The molecule has 2 aromatic carbocycles. The van der Waals surface area contributed by atoms with Crippen molar-refractivity contribution in [2.24, 2.45) is 0 Å². The molecular formula is C23H21ClF4N2O3. The first kappa shape index (κ1) is 24.6. The molecule has 176 valence electrons. The fraction of sp³-hybridized carbons (Fsp3) is 0.304. The second-order valence-corrected chi connectivity index (χ2v) is 8.71. The molecule has 0 saturated carbocycles. The molecule has 5 nitrogen and oxygen atoms in total. The first-order valence-corrected chi connectivity index (χ1v) is 10.2. The summed E-state index contributed by atoms with van der Waals surface area (Å²) in [6, 6.07) is 10.6. The van der Waals surface area contributed by atoms with Crippen LogP contribution in [0.1, 0.15) is 35.3 Å². The predicted octanol–water partition coefficient (Wildman–Crippen LogP) is 5.25. The molecule has 1 aliphatic rings. The normalized spacial score (nSPS) is 16.5. The second-order valence-electron chi connectivity index (χ2n) is 8.24. The van der Waals surface area contributed by atoms with Crippen molar-refractivity contribution in [3.8, 4) is 5.75 Å². The molecule has 2 N–H and O–H groups in total. The summed E-state index contributed by atoms with van der Waals surface area (Å²) in [6.45, 7) is 3.95. The molecule has 2 aromatic rings. The largest absolute Gasteiger partial charge is 0.497 e. The van der Waals surface area contributed by atoms with Crippen molar-refractivity contribution in [1.82, 2.24) is 5.32 Å². The third-order valence-electron chi connectivity index (χ3n) is 5.03. The van der Waals surface area contributed by atoms with Crippen molar-refractivity contribution in [1.29, 1.82) is 0 Å². The average Bonchev–Trinajstić information content (AvgIpc) is 2.72. The van der Waals surface area contributed by atoms with Gasteiger partial charge in [0.25, 0.3) is 0 Å². The van der Waals surface area contributed by atoms with E-state index in [2.05, 4.69) is 16.9 Å². The van der Waals surface area contributed by atoms with Gasteiger partial charge in [0.15, 0.2) is 5.78 Å². The van der Waals surface area contributed by atoms with Crippen LogP contribution >= 0.6 is 11.6 Å². The van der Waals surface area contributed by atoms with Gasteiger partial charge < -0.3 is 15.4 Å². The minimum Gasteiger partial charge on any atom is -0.497 e. The fourth-order valence-corrected chi connectivity index (χ4v) is 3.54. The van der Waals surface area contributed by atoms with E-state index in [9.17, 15) is 27.2 Å². The highest BCUT2D eigenvalue weighted by atomic mass is 35.5. The minimum absolute atomic E-state index is 0.0517. The summed E-state index contributed by atoms with van der Waals surface area (Å²) in [5.74, 6) is -7.32. The van der Waals surface area contributed by atoms with Crippen molar-refractivity contribution < 1.29 is 31.9 Å². The molecule has 33 heavy (non-hydrogen) atoms. The van der Waals surface area contributed by atoms with E-state index >= 15 is 0 Å². The molecule has 0 radical (unpaired) electrons. The number of hydrogen-bond donors (Lipinski definition) is 2. The standard InChI is InChI=1S/C23H21ClF4N2O3/c1-21(2)12-14-7-8-16(33-3)10-17(14)18(30-21)11-19(31)13-5-4-6-15(9-13)29-20(32)22(25,26)23(24,27)28/h4-11,30H,12H2,1-3H3,(H,29,32). The van der Waals surface area contributed by atoms with Crippen molar-refractivity contribution >= 4 is 34.7 Å². The number of hydrogen-bond acceptors (Lipinski definition) is 4. The number of amides is 1. The van der Waals surface area contributed by atoms with Gasteiger partial charge >= 0.3 is 17.2 Å². The van der Waals surface area contributed by atoms with E-state index < -0.39 is 23.0 Å². The number of benzene rings is 2. The zero-order valence-electron chi connectivity index (χ0n) is 17.9. The monoisotopic (exact) mass is 484 g/mol. The zero-order chi connectivity index (χ0) is 24.6. The van der Waals surface area contributed by atoms with E-state index in [1.165, 1.54) is 31.4 Å². The molecule has 0 unspecified atom stereocenters. The molecular weight excluding hydrogens is 464 g/mol. The topological polar surface area (TPSA) is 67.4 Å². The highest BCUT2D eigenvalue weighted by Gasteiger charge is 2.61. The third-order valence-corrected chi connectivity index (χ3v) is 5.27. The Kier molecular flexibility index (Phi) is 6.48. The highest BCUT2D eigenvalue weighted by molar-refractivity contribution is 6.24. The molecule has 0 aliphatic carbocycles. The number of allylic oxidation sites excluding steroid dienone is 1. The van der Waals surface area contributed by atoms with E-state index in [1.54, 1.807) is 11.4 Å². The smallest absolute Gasteiger partial charge is 0.401 e. The van der Waals surface area contributed by atoms with E-state index in [0.29, 0.717) is 17.9 Å². The molecule has 1 amide bonds. The van der Waals surface area contributed by atoms with Crippen LogP contribution in [-0.2, 0) is 11.2 Å². The maximum absolute atomic E-state index is 13.5. The predicted molar refractivity (Wildman–Crippen MR) is 117 cm³/mol. The van der Waals surface area contributed by atoms with Gasteiger partial charge in [-0.2, -0.15) is 17.6 Å². The van der Waals surface area contributed by atoms with Crippen LogP contribution < -0.4 is 15.4 Å². The lowest BCUT2D eigenvalue weighted by atomic mass is 9.85. The molecule has 0 saturated heterocycles. The van der Waals surface area contributed by atoms with Crippen LogP contribution in [0.15, 0.2) is 48.5 Å². The van der Waals surface area contributed by atoms with Crippen molar-refractivity contribution in [3.63, 3.8) is 0 Å². The summed E-state index contributed by atoms with van der Waals surface area (Å²) in [5, 5.41) is -0.0916. The van der Waals surface area contributed by atoms with Gasteiger partial charge in [-0.25, -0.2) is 0 Å². The van der Waals surface area contributed by atoms with E-state index in [-0.39, 0.29) is 16.8 Å². The molecule has 1 heterocycles. The number of anilines is 1. The van der Waals surface area contributed by atoms with E-state index in [0.717, 1.165) is 17.2 Å². The number of alkyl halides is 5. The SMILES string of the molecule is COc1ccc2c(c1)C(=CC(=O)c1cccc(NC(=O)C(F)(F)C(F)(F)Cl)c1)NC(C)(C)C2. The van der Waals surface area contributed by atoms with Crippen LogP contribution in [0, 0.1) is 0 Å². The number of ether oxygens (including phenoxy) is 1. The number of fused-ring (bicyclic) bond motifs is 1. The number of carbonyl (C=O) groups excluding carboxylic acids is 2. The van der Waals surface area contributed by atoms with Crippen LogP contribution in [0.25, 0.3) is 5.70 Å². The quantitative estimate of drug-likeness (QED) is 0.254.